The van der Waals surface area contributed by atoms with E-state index in [2.05, 4.69) is 12.2 Å². The fourth-order valence-electron chi connectivity index (χ4n) is 1.46. The van der Waals surface area contributed by atoms with Gasteiger partial charge in [0.15, 0.2) is 0 Å². The molecule has 0 aromatic heterocycles. The van der Waals surface area contributed by atoms with Crippen LogP contribution in [0.4, 0.5) is 0 Å². The van der Waals surface area contributed by atoms with Crippen LogP contribution in [0.5, 0.6) is 0 Å². The van der Waals surface area contributed by atoms with E-state index in [1.54, 1.807) is 7.11 Å². The third-order valence-electron chi connectivity index (χ3n) is 2.38. The molecule has 0 bridgehead atoms. The van der Waals surface area contributed by atoms with E-state index in [-0.39, 0.29) is 6.23 Å². The maximum atomic E-state index is 5.25. The van der Waals surface area contributed by atoms with E-state index in [0.29, 0.717) is 5.92 Å². The normalized spacial score (nSPS) is 24.3. The molecule has 0 radical (unpaired) electrons. The molecule has 60 valence electrons. The van der Waals surface area contributed by atoms with E-state index < -0.39 is 0 Å². The lowest BCUT2D eigenvalue weighted by Gasteiger charge is -2.21. The molecule has 0 aromatic carbocycles. The van der Waals surface area contributed by atoms with Crippen molar-refractivity contribution in [2.75, 3.05) is 14.2 Å². The van der Waals surface area contributed by atoms with Crippen LogP contribution < -0.4 is 5.32 Å². The van der Waals surface area contributed by atoms with Crippen LogP contribution in [-0.4, -0.2) is 20.4 Å². The van der Waals surface area contributed by atoms with Crippen molar-refractivity contribution in [1.29, 1.82) is 0 Å². The zero-order chi connectivity index (χ0) is 7.56. The van der Waals surface area contributed by atoms with Gasteiger partial charge in [0.25, 0.3) is 0 Å². The molecular weight excluding hydrogens is 126 g/mol. The number of rotatable bonds is 4. The van der Waals surface area contributed by atoms with Crippen molar-refractivity contribution in [3.05, 3.63) is 0 Å². The van der Waals surface area contributed by atoms with Gasteiger partial charge in [-0.25, -0.2) is 0 Å². The summed E-state index contributed by atoms with van der Waals surface area (Å²) in [6.45, 7) is 2.25. The molecule has 0 amide bonds. The fourth-order valence-corrected chi connectivity index (χ4v) is 1.46. The summed E-state index contributed by atoms with van der Waals surface area (Å²) in [5.41, 5.74) is 0. The van der Waals surface area contributed by atoms with Crippen molar-refractivity contribution < 1.29 is 4.74 Å². The van der Waals surface area contributed by atoms with Crippen molar-refractivity contribution in [2.24, 2.45) is 11.8 Å². The Hall–Kier alpha value is -0.0800. The molecule has 2 atom stereocenters. The Kier molecular flexibility index (Phi) is 2.69. The first-order chi connectivity index (χ1) is 4.79. The van der Waals surface area contributed by atoms with Crippen molar-refractivity contribution in [3.8, 4) is 0 Å². The summed E-state index contributed by atoms with van der Waals surface area (Å²) in [4.78, 5) is 0. The van der Waals surface area contributed by atoms with E-state index in [4.69, 9.17) is 4.74 Å². The molecule has 0 aromatic rings. The van der Waals surface area contributed by atoms with Gasteiger partial charge in [-0.1, -0.05) is 6.92 Å². The summed E-state index contributed by atoms with van der Waals surface area (Å²) >= 11 is 0. The van der Waals surface area contributed by atoms with Crippen LogP contribution in [0.15, 0.2) is 0 Å². The maximum Gasteiger partial charge on any atom is 0.110 e. The molecule has 0 saturated heterocycles. The number of methoxy groups -OCH3 is 1. The SMILES string of the molecule is CNC(OC)C(C)C1CC1. The lowest BCUT2D eigenvalue weighted by atomic mass is 10.1. The van der Waals surface area contributed by atoms with Crippen molar-refractivity contribution >= 4 is 0 Å². The topological polar surface area (TPSA) is 21.3 Å². The number of ether oxygens (including phenoxy) is 1. The van der Waals surface area contributed by atoms with E-state index in [0.717, 1.165) is 5.92 Å². The Balaban J connectivity index is 2.27. The fraction of sp³-hybridized carbons (Fsp3) is 1.00. The van der Waals surface area contributed by atoms with Crippen LogP contribution in [0.2, 0.25) is 0 Å². The van der Waals surface area contributed by atoms with E-state index in [1.165, 1.54) is 12.8 Å². The smallest absolute Gasteiger partial charge is 0.110 e. The molecule has 1 N–H and O–H groups in total. The van der Waals surface area contributed by atoms with Crippen LogP contribution >= 0.6 is 0 Å². The zero-order valence-corrected chi connectivity index (χ0v) is 7.05. The van der Waals surface area contributed by atoms with Gasteiger partial charge < -0.3 is 4.74 Å². The summed E-state index contributed by atoms with van der Waals surface area (Å²) in [7, 11) is 3.72. The molecule has 1 saturated carbocycles. The second-order valence-electron chi connectivity index (χ2n) is 3.14. The van der Waals surface area contributed by atoms with Crippen LogP contribution in [0, 0.1) is 11.8 Å². The minimum Gasteiger partial charge on any atom is -0.366 e. The molecular formula is C8H17NO. The second kappa shape index (κ2) is 3.35. The first-order valence-corrected chi connectivity index (χ1v) is 3.99. The van der Waals surface area contributed by atoms with Gasteiger partial charge >= 0.3 is 0 Å². The third kappa shape index (κ3) is 1.70. The van der Waals surface area contributed by atoms with Crippen LogP contribution in [0.3, 0.4) is 0 Å². The van der Waals surface area contributed by atoms with E-state index in [9.17, 15) is 0 Å². The highest BCUT2D eigenvalue weighted by Crippen LogP contribution is 2.38. The molecule has 2 nitrogen and oxygen atoms in total. The predicted octanol–water partition coefficient (Wildman–Crippen LogP) is 1.22. The first kappa shape index (κ1) is 8.02. The van der Waals surface area contributed by atoms with Crippen molar-refractivity contribution in [3.63, 3.8) is 0 Å². The number of hydrogen-bond donors (Lipinski definition) is 1. The average Bonchev–Trinajstić information content (AvgIpc) is 2.71. The molecule has 2 heteroatoms. The lowest BCUT2D eigenvalue weighted by molar-refractivity contribution is 0.0297. The van der Waals surface area contributed by atoms with E-state index in [1.807, 2.05) is 7.05 Å². The Morgan fingerprint density at radius 2 is 2.10 bits per heavy atom. The van der Waals surface area contributed by atoms with Gasteiger partial charge in [0.05, 0.1) is 0 Å². The van der Waals surface area contributed by atoms with Gasteiger partial charge in [0.1, 0.15) is 6.23 Å². The highest BCUT2D eigenvalue weighted by molar-refractivity contribution is 4.81. The lowest BCUT2D eigenvalue weighted by Crippen LogP contribution is -2.34. The minimum atomic E-state index is 0.257. The highest BCUT2D eigenvalue weighted by atomic mass is 16.5. The van der Waals surface area contributed by atoms with Crippen LogP contribution in [0.25, 0.3) is 0 Å². The Morgan fingerprint density at radius 3 is 2.40 bits per heavy atom. The van der Waals surface area contributed by atoms with Crippen LogP contribution in [-0.2, 0) is 4.74 Å². The van der Waals surface area contributed by atoms with Gasteiger partial charge in [0.2, 0.25) is 0 Å². The molecule has 1 aliphatic carbocycles. The highest BCUT2D eigenvalue weighted by Gasteiger charge is 2.32. The zero-order valence-electron chi connectivity index (χ0n) is 7.05. The largest absolute Gasteiger partial charge is 0.366 e. The summed E-state index contributed by atoms with van der Waals surface area (Å²) in [6.07, 6.45) is 3.04. The molecule has 2 unspecified atom stereocenters. The molecule has 1 aliphatic rings. The second-order valence-corrected chi connectivity index (χ2v) is 3.14. The summed E-state index contributed by atoms with van der Waals surface area (Å²) in [6, 6.07) is 0. The van der Waals surface area contributed by atoms with E-state index >= 15 is 0 Å². The Labute approximate surface area is 63.0 Å². The Bertz CT molecular complexity index is 97.4. The number of nitrogens with one attached hydrogen (secondary N) is 1. The summed E-state index contributed by atoms with van der Waals surface area (Å²) in [5.74, 6) is 1.59. The third-order valence-corrected chi connectivity index (χ3v) is 2.38. The molecule has 0 heterocycles. The predicted molar refractivity (Wildman–Crippen MR) is 41.7 cm³/mol. The molecule has 1 rings (SSSR count). The molecule has 1 fully saturated rings. The quantitative estimate of drug-likeness (QED) is 0.597. The maximum absolute atomic E-state index is 5.25. The molecule has 0 spiro atoms. The first-order valence-electron chi connectivity index (χ1n) is 3.99. The monoisotopic (exact) mass is 143 g/mol. The standard InChI is InChI=1S/C8H17NO/c1-6(7-4-5-7)8(9-2)10-3/h6-9H,4-5H2,1-3H3. The summed E-state index contributed by atoms with van der Waals surface area (Å²) < 4.78 is 5.25. The average molecular weight is 143 g/mol. The van der Waals surface area contributed by atoms with Crippen LogP contribution in [0.1, 0.15) is 19.8 Å². The van der Waals surface area contributed by atoms with Gasteiger partial charge in [0, 0.05) is 7.11 Å². The Morgan fingerprint density at radius 1 is 1.50 bits per heavy atom. The van der Waals surface area contributed by atoms with Gasteiger partial charge in [-0.2, -0.15) is 0 Å². The van der Waals surface area contributed by atoms with Crippen molar-refractivity contribution in [2.45, 2.75) is 26.0 Å². The molecule has 10 heavy (non-hydrogen) atoms. The van der Waals surface area contributed by atoms with Gasteiger partial charge in [-0.3, -0.25) is 5.32 Å². The number of hydrogen-bond acceptors (Lipinski definition) is 2. The van der Waals surface area contributed by atoms with Gasteiger partial charge in [-0.15, -0.1) is 0 Å². The summed E-state index contributed by atoms with van der Waals surface area (Å²) in [5, 5.41) is 3.15. The minimum absolute atomic E-state index is 0.257. The van der Waals surface area contributed by atoms with Gasteiger partial charge in [-0.05, 0) is 31.7 Å². The van der Waals surface area contributed by atoms with Crippen molar-refractivity contribution in [1.82, 2.24) is 5.32 Å². The molecule has 0 aliphatic heterocycles.